The van der Waals surface area contributed by atoms with Crippen molar-refractivity contribution in [2.24, 2.45) is 4.99 Å². The van der Waals surface area contributed by atoms with Gasteiger partial charge in [-0.3, -0.25) is 4.99 Å². The highest BCUT2D eigenvalue weighted by Gasteiger charge is 2.14. The normalized spacial score (nSPS) is 18.3. The van der Waals surface area contributed by atoms with Gasteiger partial charge in [0.15, 0.2) is 5.96 Å². The molecule has 22 heavy (non-hydrogen) atoms. The van der Waals surface area contributed by atoms with Gasteiger partial charge in [0.1, 0.15) is 18.2 Å². The molecule has 0 amide bonds. The minimum absolute atomic E-state index is 0.283. The van der Waals surface area contributed by atoms with E-state index in [1.54, 1.807) is 12.1 Å². The van der Waals surface area contributed by atoms with Gasteiger partial charge in [-0.15, -0.1) is 0 Å². The van der Waals surface area contributed by atoms with E-state index >= 15 is 0 Å². The zero-order valence-corrected chi connectivity index (χ0v) is 13.8. The standard InChI is InChI=1S/C16H24FN3OS/c1-2-18-16(20-12-15-7-4-10-22-15)19-8-9-21-14-6-3-5-13(17)11-14/h3,5-6,11,15H,2,4,7-10,12H2,1H3,(H2,18,19,20). The molecule has 1 atom stereocenters. The first-order chi connectivity index (χ1) is 10.8. The maximum absolute atomic E-state index is 13.0. The lowest BCUT2D eigenvalue weighted by atomic mass is 10.2. The Kier molecular flexibility index (Phi) is 7.36. The third-order valence-corrected chi connectivity index (χ3v) is 4.66. The van der Waals surface area contributed by atoms with E-state index in [9.17, 15) is 4.39 Å². The first-order valence-corrected chi connectivity index (χ1v) is 8.85. The van der Waals surface area contributed by atoms with Crippen LogP contribution in [0.25, 0.3) is 0 Å². The number of rotatable bonds is 7. The second kappa shape index (κ2) is 9.56. The summed E-state index contributed by atoms with van der Waals surface area (Å²) < 4.78 is 18.5. The predicted molar refractivity (Wildman–Crippen MR) is 91.4 cm³/mol. The Morgan fingerprint density at radius 2 is 2.36 bits per heavy atom. The van der Waals surface area contributed by atoms with Gasteiger partial charge in [0.05, 0.1) is 13.1 Å². The van der Waals surface area contributed by atoms with Crippen molar-refractivity contribution in [2.45, 2.75) is 25.0 Å². The summed E-state index contributed by atoms with van der Waals surface area (Å²) in [5.74, 6) is 2.34. The van der Waals surface area contributed by atoms with Gasteiger partial charge in [0, 0.05) is 17.9 Å². The molecule has 0 radical (unpaired) electrons. The molecule has 0 saturated carbocycles. The van der Waals surface area contributed by atoms with Crippen LogP contribution in [0.5, 0.6) is 5.75 Å². The van der Waals surface area contributed by atoms with Crippen molar-refractivity contribution in [3.8, 4) is 5.75 Å². The van der Waals surface area contributed by atoms with E-state index < -0.39 is 0 Å². The van der Waals surface area contributed by atoms with E-state index in [2.05, 4.69) is 15.6 Å². The number of hydrogen-bond donors (Lipinski definition) is 2. The van der Waals surface area contributed by atoms with Gasteiger partial charge in [-0.05, 0) is 37.7 Å². The summed E-state index contributed by atoms with van der Waals surface area (Å²) in [5.41, 5.74) is 0. The van der Waals surface area contributed by atoms with Gasteiger partial charge in [0.25, 0.3) is 0 Å². The molecule has 2 N–H and O–H groups in total. The number of aliphatic imine (C=N–C) groups is 1. The maximum atomic E-state index is 13.0. The maximum Gasteiger partial charge on any atom is 0.191 e. The quantitative estimate of drug-likeness (QED) is 0.460. The Morgan fingerprint density at radius 1 is 1.45 bits per heavy atom. The van der Waals surface area contributed by atoms with Crippen LogP contribution in [0.4, 0.5) is 4.39 Å². The van der Waals surface area contributed by atoms with Gasteiger partial charge in [-0.25, -0.2) is 4.39 Å². The summed E-state index contributed by atoms with van der Waals surface area (Å²) in [6, 6.07) is 6.18. The third kappa shape index (κ3) is 6.13. The van der Waals surface area contributed by atoms with E-state index in [4.69, 9.17) is 4.74 Å². The molecule has 1 aromatic rings. The minimum Gasteiger partial charge on any atom is -0.492 e. The molecule has 1 aliphatic rings. The fourth-order valence-electron chi connectivity index (χ4n) is 2.22. The van der Waals surface area contributed by atoms with Crippen LogP contribution in [0, 0.1) is 5.82 Å². The zero-order valence-electron chi connectivity index (χ0n) is 13.0. The van der Waals surface area contributed by atoms with Crippen molar-refractivity contribution >= 4 is 17.7 Å². The van der Waals surface area contributed by atoms with Crippen LogP contribution in [0.15, 0.2) is 29.3 Å². The van der Waals surface area contributed by atoms with Crippen molar-refractivity contribution in [1.29, 1.82) is 0 Å². The van der Waals surface area contributed by atoms with Gasteiger partial charge in [0.2, 0.25) is 0 Å². The molecular weight excluding hydrogens is 301 g/mol. The SMILES string of the molecule is CCNC(=NCC1CCCS1)NCCOc1cccc(F)c1. The molecule has 6 heteroatoms. The highest BCUT2D eigenvalue weighted by Crippen LogP contribution is 2.25. The molecule has 1 unspecified atom stereocenters. The van der Waals surface area contributed by atoms with E-state index in [1.807, 2.05) is 18.7 Å². The second-order valence-electron chi connectivity index (χ2n) is 5.09. The molecular formula is C16H24FN3OS. The Morgan fingerprint density at radius 3 is 3.09 bits per heavy atom. The third-order valence-electron chi connectivity index (χ3n) is 3.28. The van der Waals surface area contributed by atoms with Gasteiger partial charge in [-0.2, -0.15) is 11.8 Å². The number of nitrogens with one attached hydrogen (secondary N) is 2. The average molecular weight is 325 g/mol. The average Bonchev–Trinajstić information content (AvgIpc) is 3.02. The number of guanidine groups is 1. The lowest BCUT2D eigenvalue weighted by Gasteiger charge is -2.13. The molecule has 0 bridgehead atoms. The predicted octanol–water partition coefficient (Wildman–Crippen LogP) is 2.66. The van der Waals surface area contributed by atoms with Crippen molar-refractivity contribution in [2.75, 3.05) is 32.0 Å². The lowest BCUT2D eigenvalue weighted by Crippen LogP contribution is -2.39. The van der Waals surface area contributed by atoms with Crippen LogP contribution >= 0.6 is 11.8 Å². The molecule has 1 aromatic carbocycles. The lowest BCUT2D eigenvalue weighted by molar-refractivity contribution is 0.320. The van der Waals surface area contributed by atoms with Gasteiger partial charge < -0.3 is 15.4 Å². The van der Waals surface area contributed by atoms with E-state index in [1.165, 1.54) is 30.7 Å². The first-order valence-electron chi connectivity index (χ1n) is 7.80. The molecule has 1 saturated heterocycles. The second-order valence-corrected chi connectivity index (χ2v) is 6.50. The highest BCUT2D eigenvalue weighted by atomic mass is 32.2. The number of ether oxygens (including phenoxy) is 1. The molecule has 4 nitrogen and oxygen atoms in total. The molecule has 0 aliphatic carbocycles. The summed E-state index contributed by atoms with van der Waals surface area (Å²) >= 11 is 2.01. The highest BCUT2D eigenvalue weighted by molar-refractivity contribution is 8.00. The van der Waals surface area contributed by atoms with E-state index in [-0.39, 0.29) is 5.82 Å². The molecule has 1 heterocycles. The number of thioether (sulfide) groups is 1. The molecule has 0 spiro atoms. The Balaban J connectivity index is 1.70. The minimum atomic E-state index is -0.283. The fourth-order valence-corrected chi connectivity index (χ4v) is 3.40. The Labute approximate surface area is 135 Å². The summed E-state index contributed by atoms with van der Waals surface area (Å²) in [6.07, 6.45) is 2.56. The Bertz CT molecular complexity index is 478. The monoisotopic (exact) mass is 325 g/mol. The van der Waals surface area contributed by atoms with Crippen LogP contribution in [0.3, 0.4) is 0 Å². The largest absolute Gasteiger partial charge is 0.492 e. The summed E-state index contributed by atoms with van der Waals surface area (Å²) in [6.45, 7) is 4.82. The van der Waals surface area contributed by atoms with Crippen LogP contribution in [0.2, 0.25) is 0 Å². The summed E-state index contributed by atoms with van der Waals surface area (Å²) in [7, 11) is 0. The van der Waals surface area contributed by atoms with Crippen LogP contribution in [-0.2, 0) is 0 Å². The van der Waals surface area contributed by atoms with Crippen molar-refractivity contribution in [3.05, 3.63) is 30.1 Å². The number of benzene rings is 1. The van der Waals surface area contributed by atoms with Gasteiger partial charge in [-0.1, -0.05) is 6.07 Å². The molecule has 1 aliphatic heterocycles. The molecule has 0 aromatic heterocycles. The van der Waals surface area contributed by atoms with Gasteiger partial charge >= 0.3 is 0 Å². The number of halogens is 1. The van der Waals surface area contributed by atoms with Crippen molar-refractivity contribution in [3.63, 3.8) is 0 Å². The zero-order chi connectivity index (χ0) is 15.6. The van der Waals surface area contributed by atoms with E-state index in [0.29, 0.717) is 24.2 Å². The van der Waals surface area contributed by atoms with Crippen LogP contribution in [-0.4, -0.2) is 43.2 Å². The summed E-state index contributed by atoms with van der Waals surface area (Å²) in [5, 5.41) is 7.12. The molecule has 2 rings (SSSR count). The smallest absolute Gasteiger partial charge is 0.191 e. The summed E-state index contributed by atoms with van der Waals surface area (Å²) in [4.78, 5) is 4.61. The van der Waals surface area contributed by atoms with E-state index in [0.717, 1.165) is 19.0 Å². The topological polar surface area (TPSA) is 45.7 Å². The Hall–Kier alpha value is -1.43. The van der Waals surface area contributed by atoms with Crippen LogP contribution < -0.4 is 15.4 Å². The number of hydrogen-bond acceptors (Lipinski definition) is 3. The number of nitrogens with zero attached hydrogens (tertiary/aromatic N) is 1. The first kappa shape index (κ1) is 16.9. The fraction of sp³-hybridized carbons (Fsp3) is 0.562. The molecule has 1 fully saturated rings. The van der Waals surface area contributed by atoms with Crippen molar-refractivity contribution in [1.82, 2.24) is 10.6 Å². The molecule has 122 valence electrons. The van der Waals surface area contributed by atoms with Crippen LogP contribution in [0.1, 0.15) is 19.8 Å². The van der Waals surface area contributed by atoms with Crippen molar-refractivity contribution < 1.29 is 9.13 Å².